The molecule has 0 aromatic heterocycles. The molecule has 2 N–H and O–H groups in total. The van der Waals surface area contributed by atoms with Gasteiger partial charge in [0.05, 0.1) is 6.10 Å². The molecular formula is C17H20BrNO. The third-order valence-corrected chi connectivity index (χ3v) is 3.75. The molecule has 0 fully saturated rings. The molecule has 2 aromatic rings. The summed E-state index contributed by atoms with van der Waals surface area (Å²) < 4.78 is 0.987. The molecule has 0 spiro atoms. The number of aliphatic hydroxyl groups is 1. The molecule has 1 unspecified atom stereocenters. The van der Waals surface area contributed by atoms with Crippen molar-refractivity contribution < 1.29 is 5.11 Å². The van der Waals surface area contributed by atoms with Gasteiger partial charge in [-0.15, -0.1) is 0 Å². The van der Waals surface area contributed by atoms with Crippen molar-refractivity contribution in [2.45, 2.75) is 25.9 Å². The quantitative estimate of drug-likeness (QED) is 0.812. The minimum atomic E-state index is -0.512. The maximum Gasteiger partial charge on any atom is 0.0962 e. The van der Waals surface area contributed by atoms with Crippen molar-refractivity contribution in [3.63, 3.8) is 0 Å². The molecule has 0 heterocycles. The summed E-state index contributed by atoms with van der Waals surface area (Å²) in [6, 6.07) is 16.1. The van der Waals surface area contributed by atoms with Crippen LogP contribution in [0.5, 0.6) is 0 Å². The van der Waals surface area contributed by atoms with E-state index in [1.807, 2.05) is 30.3 Å². The zero-order valence-corrected chi connectivity index (χ0v) is 13.2. The molecule has 0 bridgehead atoms. The average molecular weight is 334 g/mol. The Kier molecular flexibility index (Phi) is 5.62. The van der Waals surface area contributed by atoms with Crippen LogP contribution in [0.3, 0.4) is 0 Å². The molecule has 2 rings (SSSR count). The normalized spacial score (nSPS) is 12.2. The van der Waals surface area contributed by atoms with Gasteiger partial charge in [0.15, 0.2) is 0 Å². The molecule has 2 aromatic carbocycles. The Balaban J connectivity index is 2.01. The van der Waals surface area contributed by atoms with Crippen LogP contribution in [0, 0.1) is 0 Å². The van der Waals surface area contributed by atoms with Crippen LogP contribution in [-0.2, 0) is 6.42 Å². The van der Waals surface area contributed by atoms with E-state index >= 15 is 0 Å². The van der Waals surface area contributed by atoms with E-state index in [-0.39, 0.29) is 0 Å². The Morgan fingerprint density at radius 2 is 1.95 bits per heavy atom. The van der Waals surface area contributed by atoms with Crippen LogP contribution in [0.25, 0.3) is 0 Å². The van der Waals surface area contributed by atoms with Crippen LogP contribution in [0.15, 0.2) is 53.0 Å². The fourth-order valence-corrected chi connectivity index (χ4v) is 2.64. The Morgan fingerprint density at radius 1 is 1.15 bits per heavy atom. The van der Waals surface area contributed by atoms with Gasteiger partial charge in [0.2, 0.25) is 0 Å². The number of nitrogens with one attached hydrogen (secondary N) is 1. The van der Waals surface area contributed by atoms with Gasteiger partial charge in [-0.1, -0.05) is 59.6 Å². The summed E-state index contributed by atoms with van der Waals surface area (Å²) in [6.45, 7) is 2.68. The van der Waals surface area contributed by atoms with Crippen molar-refractivity contribution in [2.24, 2.45) is 0 Å². The highest BCUT2D eigenvalue weighted by Gasteiger charge is 2.08. The second-order valence-corrected chi connectivity index (χ2v) is 5.77. The molecule has 0 aliphatic rings. The SMILES string of the molecule is CCCc1ccccc1NCC(O)c1cccc(Br)c1. The smallest absolute Gasteiger partial charge is 0.0962 e. The lowest BCUT2D eigenvalue weighted by atomic mass is 10.1. The maximum absolute atomic E-state index is 10.2. The molecule has 0 aliphatic heterocycles. The molecule has 2 nitrogen and oxygen atoms in total. The first-order chi connectivity index (χ1) is 9.70. The summed E-state index contributed by atoms with van der Waals surface area (Å²) in [5.41, 5.74) is 3.33. The molecule has 0 amide bonds. The third-order valence-electron chi connectivity index (χ3n) is 3.26. The van der Waals surface area contributed by atoms with Gasteiger partial charge in [0.25, 0.3) is 0 Å². The first kappa shape index (κ1) is 15.1. The Hall–Kier alpha value is -1.32. The minimum Gasteiger partial charge on any atom is -0.387 e. The largest absolute Gasteiger partial charge is 0.387 e. The van der Waals surface area contributed by atoms with Crippen LogP contribution < -0.4 is 5.32 Å². The predicted molar refractivity (Wildman–Crippen MR) is 88.0 cm³/mol. The molecule has 3 heteroatoms. The number of rotatable bonds is 6. The monoisotopic (exact) mass is 333 g/mol. The topological polar surface area (TPSA) is 32.3 Å². The summed E-state index contributed by atoms with van der Waals surface area (Å²) in [6.07, 6.45) is 1.66. The number of para-hydroxylation sites is 1. The third kappa shape index (κ3) is 4.09. The van der Waals surface area contributed by atoms with Crippen LogP contribution >= 0.6 is 15.9 Å². The fourth-order valence-electron chi connectivity index (χ4n) is 2.22. The van der Waals surface area contributed by atoms with Crippen molar-refractivity contribution in [3.05, 3.63) is 64.1 Å². The molecule has 20 heavy (non-hydrogen) atoms. The summed E-state index contributed by atoms with van der Waals surface area (Å²) in [7, 11) is 0. The Labute approximate surface area is 129 Å². The van der Waals surface area contributed by atoms with E-state index in [0.717, 1.165) is 28.6 Å². The van der Waals surface area contributed by atoms with Crippen molar-refractivity contribution in [1.29, 1.82) is 0 Å². The van der Waals surface area contributed by atoms with Crippen molar-refractivity contribution in [3.8, 4) is 0 Å². The van der Waals surface area contributed by atoms with Gasteiger partial charge in [-0.2, -0.15) is 0 Å². The second-order valence-electron chi connectivity index (χ2n) is 4.86. The lowest BCUT2D eigenvalue weighted by Gasteiger charge is -2.16. The number of hydrogen-bond acceptors (Lipinski definition) is 2. The van der Waals surface area contributed by atoms with Crippen molar-refractivity contribution in [1.82, 2.24) is 0 Å². The van der Waals surface area contributed by atoms with Gasteiger partial charge in [-0.3, -0.25) is 0 Å². The van der Waals surface area contributed by atoms with Crippen LogP contribution in [0.4, 0.5) is 5.69 Å². The Morgan fingerprint density at radius 3 is 2.70 bits per heavy atom. The van der Waals surface area contributed by atoms with Gasteiger partial charge < -0.3 is 10.4 Å². The molecule has 0 saturated carbocycles. The van der Waals surface area contributed by atoms with E-state index in [0.29, 0.717) is 6.54 Å². The highest BCUT2D eigenvalue weighted by atomic mass is 79.9. The zero-order chi connectivity index (χ0) is 14.4. The minimum absolute atomic E-state index is 0.511. The van der Waals surface area contributed by atoms with Crippen LogP contribution in [-0.4, -0.2) is 11.7 Å². The van der Waals surface area contributed by atoms with E-state index in [1.54, 1.807) is 0 Å². The fraction of sp³-hybridized carbons (Fsp3) is 0.294. The molecule has 1 atom stereocenters. The lowest BCUT2D eigenvalue weighted by Crippen LogP contribution is -2.13. The number of aryl methyl sites for hydroxylation is 1. The van der Waals surface area contributed by atoms with Gasteiger partial charge in [0, 0.05) is 16.7 Å². The summed E-state index contributed by atoms with van der Waals surface area (Å²) in [5.74, 6) is 0. The second kappa shape index (κ2) is 7.46. The Bertz CT molecular complexity index is 556. The first-order valence-corrected chi connectivity index (χ1v) is 7.75. The molecule has 0 radical (unpaired) electrons. The van der Waals surface area contributed by atoms with E-state index < -0.39 is 6.10 Å². The van der Waals surface area contributed by atoms with Gasteiger partial charge in [-0.05, 0) is 35.7 Å². The van der Waals surface area contributed by atoms with Gasteiger partial charge in [0.1, 0.15) is 0 Å². The number of anilines is 1. The number of benzene rings is 2. The molecule has 106 valence electrons. The number of aliphatic hydroxyl groups excluding tert-OH is 1. The van der Waals surface area contributed by atoms with Crippen molar-refractivity contribution >= 4 is 21.6 Å². The molecular weight excluding hydrogens is 314 g/mol. The maximum atomic E-state index is 10.2. The summed E-state index contributed by atoms with van der Waals surface area (Å²) in [5, 5.41) is 13.6. The van der Waals surface area contributed by atoms with E-state index in [4.69, 9.17) is 0 Å². The average Bonchev–Trinajstić information content (AvgIpc) is 2.46. The predicted octanol–water partition coefficient (Wildman–Crippen LogP) is 4.55. The van der Waals surface area contributed by atoms with E-state index in [9.17, 15) is 5.11 Å². The molecule has 0 saturated heterocycles. The lowest BCUT2D eigenvalue weighted by molar-refractivity contribution is 0.191. The molecule has 0 aliphatic carbocycles. The van der Waals surface area contributed by atoms with Crippen LogP contribution in [0.1, 0.15) is 30.6 Å². The van der Waals surface area contributed by atoms with Gasteiger partial charge in [-0.25, -0.2) is 0 Å². The number of halogens is 1. The van der Waals surface area contributed by atoms with Crippen molar-refractivity contribution in [2.75, 3.05) is 11.9 Å². The summed E-state index contributed by atoms with van der Waals surface area (Å²) in [4.78, 5) is 0. The van der Waals surface area contributed by atoms with E-state index in [1.165, 1.54) is 5.56 Å². The zero-order valence-electron chi connectivity index (χ0n) is 11.6. The number of hydrogen-bond donors (Lipinski definition) is 2. The first-order valence-electron chi connectivity index (χ1n) is 6.96. The van der Waals surface area contributed by atoms with Crippen LogP contribution in [0.2, 0.25) is 0 Å². The standard InChI is InChI=1S/C17H20BrNO/c1-2-6-13-7-3-4-10-16(13)19-12-17(20)14-8-5-9-15(18)11-14/h3-5,7-11,17,19-20H,2,6,12H2,1H3. The van der Waals surface area contributed by atoms with E-state index in [2.05, 4.69) is 46.4 Å². The highest BCUT2D eigenvalue weighted by molar-refractivity contribution is 9.10. The highest BCUT2D eigenvalue weighted by Crippen LogP contribution is 2.21. The summed E-state index contributed by atoms with van der Waals surface area (Å²) >= 11 is 3.43. The van der Waals surface area contributed by atoms with Gasteiger partial charge >= 0.3 is 0 Å².